The van der Waals surface area contributed by atoms with Gasteiger partial charge < -0.3 is 10.5 Å². The molecular formula is C17H16N2O2S. The molecule has 2 N–H and O–H groups in total. The third-order valence-electron chi connectivity index (χ3n) is 3.57. The van der Waals surface area contributed by atoms with E-state index in [0.29, 0.717) is 10.7 Å². The molecule has 5 heteroatoms. The van der Waals surface area contributed by atoms with Crippen molar-refractivity contribution < 1.29 is 9.53 Å². The predicted molar refractivity (Wildman–Crippen MR) is 89.5 cm³/mol. The fraction of sp³-hybridized carbons (Fsp3) is 0.176. The van der Waals surface area contributed by atoms with E-state index in [1.165, 1.54) is 11.8 Å². The Bertz CT molecular complexity index is 698. The van der Waals surface area contributed by atoms with E-state index in [2.05, 4.69) is 4.99 Å². The Hall–Kier alpha value is -2.27. The van der Waals surface area contributed by atoms with Crippen molar-refractivity contribution in [2.45, 2.75) is 11.3 Å². The van der Waals surface area contributed by atoms with Gasteiger partial charge in [-0.25, -0.2) is 0 Å². The summed E-state index contributed by atoms with van der Waals surface area (Å²) < 4.78 is 5.12. The number of carbonyl (C=O) groups excluding carboxylic acids is 1. The van der Waals surface area contributed by atoms with E-state index in [1.54, 1.807) is 31.4 Å². The van der Waals surface area contributed by atoms with Gasteiger partial charge in [0.15, 0.2) is 11.0 Å². The second-order valence-electron chi connectivity index (χ2n) is 4.95. The minimum Gasteiger partial charge on any atom is -0.497 e. The van der Waals surface area contributed by atoms with E-state index < -0.39 is 0 Å². The highest BCUT2D eigenvalue weighted by molar-refractivity contribution is 8.15. The number of ketones is 1. The molecule has 0 fully saturated rings. The van der Waals surface area contributed by atoms with Crippen LogP contribution in [0.2, 0.25) is 0 Å². The van der Waals surface area contributed by atoms with Gasteiger partial charge in [-0.2, -0.15) is 0 Å². The summed E-state index contributed by atoms with van der Waals surface area (Å²) in [6.45, 7) is 0. The van der Waals surface area contributed by atoms with Crippen molar-refractivity contribution in [2.75, 3.05) is 7.11 Å². The monoisotopic (exact) mass is 312 g/mol. The van der Waals surface area contributed by atoms with Crippen molar-refractivity contribution >= 4 is 22.7 Å². The third kappa shape index (κ3) is 2.85. The van der Waals surface area contributed by atoms with Gasteiger partial charge in [-0.05, 0) is 29.8 Å². The molecule has 22 heavy (non-hydrogen) atoms. The molecule has 0 amide bonds. The fourth-order valence-electron chi connectivity index (χ4n) is 2.45. The van der Waals surface area contributed by atoms with E-state index in [-0.39, 0.29) is 17.1 Å². The Kier molecular flexibility index (Phi) is 4.15. The molecule has 0 saturated heterocycles. The number of nitrogens with zero attached hydrogens (tertiary/aromatic N) is 1. The summed E-state index contributed by atoms with van der Waals surface area (Å²) in [4.78, 5) is 17.2. The van der Waals surface area contributed by atoms with Gasteiger partial charge in [0, 0.05) is 5.56 Å². The van der Waals surface area contributed by atoms with Gasteiger partial charge >= 0.3 is 0 Å². The number of amidine groups is 1. The zero-order chi connectivity index (χ0) is 15.5. The highest BCUT2D eigenvalue weighted by Gasteiger charge is 2.36. The summed E-state index contributed by atoms with van der Waals surface area (Å²) in [5.74, 6) is 0.761. The van der Waals surface area contributed by atoms with E-state index in [0.717, 1.165) is 11.3 Å². The van der Waals surface area contributed by atoms with Crippen LogP contribution in [0.15, 0.2) is 59.6 Å². The number of thioether (sulfide) groups is 1. The van der Waals surface area contributed by atoms with E-state index in [9.17, 15) is 4.79 Å². The number of carbonyl (C=O) groups is 1. The first-order valence-corrected chi connectivity index (χ1v) is 7.80. The first-order chi connectivity index (χ1) is 10.7. The molecule has 1 aliphatic rings. The number of Topliss-reactive ketones (excluding diaryl/α,β-unsaturated/α-hetero) is 1. The van der Waals surface area contributed by atoms with Gasteiger partial charge in [0.1, 0.15) is 11.0 Å². The number of hydrogen-bond acceptors (Lipinski definition) is 5. The lowest BCUT2D eigenvalue weighted by molar-refractivity contribution is 0.0983. The Labute approximate surface area is 133 Å². The van der Waals surface area contributed by atoms with E-state index >= 15 is 0 Å². The minimum atomic E-state index is -0.323. The van der Waals surface area contributed by atoms with Gasteiger partial charge in [0.25, 0.3) is 0 Å². The van der Waals surface area contributed by atoms with Crippen molar-refractivity contribution in [1.29, 1.82) is 0 Å². The zero-order valence-corrected chi connectivity index (χ0v) is 12.9. The molecule has 2 atom stereocenters. The molecule has 0 spiro atoms. The third-order valence-corrected chi connectivity index (χ3v) is 4.65. The second-order valence-corrected chi connectivity index (χ2v) is 6.12. The smallest absolute Gasteiger partial charge is 0.178 e. The largest absolute Gasteiger partial charge is 0.497 e. The SMILES string of the molecule is COc1ccc(C(=O)C2SC(N)=NC2c2ccccc2)cc1. The van der Waals surface area contributed by atoms with Gasteiger partial charge in [-0.15, -0.1) is 0 Å². The summed E-state index contributed by atoms with van der Waals surface area (Å²) >= 11 is 1.33. The number of benzene rings is 2. The summed E-state index contributed by atoms with van der Waals surface area (Å²) in [5.41, 5.74) is 7.50. The number of nitrogens with two attached hydrogens (primary N) is 1. The van der Waals surface area contributed by atoms with Gasteiger partial charge in [0.05, 0.1) is 13.2 Å². The van der Waals surface area contributed by atoms with Gasteiger partial charge in [-0.1, -0.05) is 42.1 Å². The Morgan fingerprint density at radius 2 is 1.82 bits per heavy atom. The Morgan fingerprint density at radius 3 is 2.45 bits per heavy atom. The molecule has 0 saturated carbocycles. The molecule has 1 aliphatic heterocycles. The van der Waals surface area contributed by atoms with Crippen LogP contribution >= 0.6 is 11.8 Å². The second kappa shape index (κ2) is 6.23. The summed E-state index contributed by atoms with van der Waals surface area (Å²) in [6, 6.07) is 16.7. The number of hydrogen-bond donors (Lipinski definition) is 1. The fourth-order valence-corrected chi connectivity index (χ4v) is 3.47. The number of methoxy groups -OCH3 is 1. The van der Waals surface area contributed by atoms with Gasteiger partial charge in [0.2, 0.25) is 0 Å². The average molecular weight is 312 g/mol. The molecule has 0 bridgehead atoms. The zero-order valence-electron chi connectivity index (χ0n) is 12.1. The lowest BCUT2D eigenvalue weighted by Gasteiger charge is -2.16. The molecule has 1 heterocycles. The predicted octanol–water partition coefficient (Wildman–Crippen LogP) is 3.05. The normalized spacial score (nSPS) is 20.5. The Morgan fingerprint density at radius 1 is 1.14 bits per heavy atom. The molecule has 2 unspecified atom stereocenters. The molecule has 0 aliphatic carbocycles. The van der Waals surface area contributed by atoms with Crippen molar-refractivity contribution in [3.05, 3.63) is 65.7 Å². The summed E-state index contributed by atoms with van der Waals surface area (Å²) in [7, 11) is 1.60. The molecule has 2 aromatic rings. The maximum Gasteiger partial charge on any atom is 0.178 e. The lowest BCUT2D eigenvalue weighted by atomic mass is 9.98. The molecule has 3 rings (SSSR count). The van der Waals surface area contributed by atoms with Crippen LogP contribution < -0.4 is 10.5 Å². The van der Waals surface area contributed by atoms with Crippen LogP contribution in [0.1, 0.15) is 22.0 Å². The molecular weight excluding hydrogens is 296 g/mol. The van der Waals surface area contributed by atoms with Crippen LogP contribution in [-0.4, -0.2) is 23.3 Å². The standard InChI is InChI=1S/C17H16N2O2S/c1-21-13-9-7-12(8-10-13)15(20)16-14(19-17(18)22-16)11-5-3-2-4-6-11/h2-10,14,16H,1H3,(H2,18,19). The quantitative estimate of drug-likeness (QED) is 0.881. The lowest BCUT2D eigenvalue weighted by Crippen LogP contribution is -2.22. The van der Waals surface area contributed by atoms with Crippen molar-refractivity contribution in [3.63, 3.8) is 0 Å². The summed E-state index contributed by atoms with van der Waals surface area (Å²) in [6.07, 6.45) is 0. The van der Waals surface area contributed by atoms with Crippen LogP contribution in [-0.2, 0) is 0 Å². The van der Waals surface area contributed by atoms with Crippen LogP contribution in [0, 0.1) is 0 Å². The number of aliphatic imine (C=N–C) groups is 1. The van der Waals surface area contributed by atoms with Gasteiger partial charge in [-0.3, -0.25) is 9.79 Å². The van der Waals surface area contributed by atoms with Crippen molar-refractivity contribution in [3.8, 4) is 5.75 Å². The van der Waals surface area contributed by atoms with Crippen molar-refractivity contribution in [1.82, 2.24) is 0 Å². The van der Waals surface area contributed by atoms with Crippen molar-refractivity contribution in [2.24, 2.45) is 10.7 Å². The number of ether oxygens (including phenoxy) is 1. The first kappa shape index (κ1) is 14.7. The van der Waals surface area contributed by atoms with E-state index in [1.807, 2.05) is 30.3 Å². The maximum atomic E-state index is 12.8. The summed E-state index contributed by atoms with van der Waals surface area (Å²) in [5, 5.41) is 0.136. The minimum absolute atomic E-state index is 0.0331. The topological polar surface area (TPSA) is 64.7 Å². The first-order valence-electron chi connectivity index (χ1n) is 6.92. The molecule has 2 aromatic carbocycles. The number of rotatable bonds is 4. The maximum absolute atomic E-state index is 12.8. The highest BCUT2D eigenvalue weighted by Crippen LogP contribution is 2.38. The molecule has 0 radical (unpaired) electrons. The Balaban J connectivity index is 1.87. The molecule has 112 valence electrons. The van der Waals surface area contributed by atoms with Crippen LogP contribution in [0.5, 0.6) is 5.75 Å². The molecule has 0 aromatic heterocycles. The molecule has 4 nitrogen and oxygen atoms in total. The highest BCUT2D eigenvalue weighted by atomic mass is 32.2. The van der Waals surface area contributed by atoms with Crippen LogP contribution in [0.25, 0.3) is 0 Å². The van der Waals surface area contributed by atoms with Crippen LogP contribution in [0.3, 0.4) is 0 Å². The average Bonchev–Trinajstić information content (AvgIpc) is 2.97. The van der Waals surface area contributed by atoms with Crippen LogP contribution in [0.4, 0.5) is 0 Å². The van der Waals surface area contributed by atoms with E-state index in [4.69, 9.17) is 10.5 Å².